The average molecular weight is 285 g/mol. The second-order valence-electron chi connectivity index (χ2n) is 4.88. The van der Waals surface area contributed by atoms with Crippen LogP contribution in [0.2, 0.25) is 0 Å². The smallest absolute Gasteiger partial charge is 0.237 e. The largest absolute Gasteiger partial charge is 0.507 e. The van der Waals surface area contributed by atoms with Crippen molar-refractivity contribution in [3.63, 3.8) is 0 Å². The van der Waals surface area contributed by atoms with Gasteiger partial charge in [-0.3, -0.25) is 9.59 Å². The number of aryl methyl sites for hydroxylation is 2. The summed E-state index contributed by atoms with van der Waals surface area (Å²) < 4.78 is 0. The summed E-state index contributed by atoms with van der Waals surface area (Å²) in [5.74, 6) is -1.40. The number of hydrogen-bond donors (Lipinski definition) is 2. The zero-order valence-corrected chi connectivity index (χ0v) is 12.4. The van der Waals surface area contributed by atoms with Gasteiger partial charge in [-0.15, -0.1) is 0 Å². The lowest BCUT2D eigenvalue weighted by Crippen LogP contribution is -2.16. The first-order chi connectivity index (χ1) is 9.43. The molecule has 0 saturated heterocycles. The lowest BCUT2D eigenvalue weighted by atomic mass is 9.94. The minimum absolute atomic E-state index is 0. The minimum atomic E-state index is -0.681. The maximum absolute atomic E-state index is 12.3. The molecule has 0 atom stereocenters. The lowest BCUT2D eigenvalue weighted by Gasteiger charge is -2.08. The molecule has 4 heteroatoms. The molecule has 2 aromatic carbocycles. The van der Waals surface area contributed by atoms with E-state index in [-0.39, 0.29) is 17.5 Å². The molecule has 4 N–H and O–H groups in total. The van der Waals surface area contributed by atoms with E-state index in [9.17, 15) is 14.7 Å². The zero-order chi connectivity index (χ0) is 14.9. The van der Waals surface area contributed by atoms with Gasteiger partial charge < -0.3 is 11.3 Å². The molecule has 0 unspecified atom stereocenters. The molecule has 0 aliphatic heterocycles. The fourth-order valence-corrected chi connectivity index (χ4v) is 2.08. The van der Waals surface area contributed by atoms with E-state index in [1.165, 1.54) is 6.07 Å². The van der Waals surface area contributed by atoms with Gasteiger partial charge >= 0.3 is 0 Å². The number of carbonyl (C=O) groups is 2. The average Bonchev–Trinajstić information content (AvgIpc) is 2.43. The molecule has 110 valence electrons. The summed E-state index contributed by atoms with van der Waals surface area (Å²) in [6.45, 7) is 5.39. The summed E-state index contributed by atoms with van der Waals surface area (Å²) in [5, 5.41) is 9.91. The molecule has 0 saturated carbocycles. The van der Waals surface area contributed by atoms with Gasteiger partial charge in [0.15, 0.2) is 0 Å². The molecule has 0 aliphatic carbocycles. The highest BCUT2D eigenvalue weighted by Gasteiger charge is 2.23. The SMILES string of the molecule is Cc1cccc(C(=O)C(=O)c2cccc(C)c2O)c1C.N. The van der Waals surface area contributed by atoms with Gasteiger partial charge in [0, 0.05) is 5.56 Å². The van der Waals surface area contributed by atoms with Gasteiger partial charge in [0.25, 0.3) is 0 Å². The quantitative estimate of drug-likeness (QED) is 0.666. The number of benzene rings is 2. The van der Waals surface area contributed by atoms with Crippen molar-refractivity contribution in [1.82, 2.24) is 6.15 Å². The third-order valence-electron chi connectivity index (χ3n) is 3.54. The summed E-state index contributed by atoms with van der Waals surface area (Å²) in [6.07, 6.45) is 0. The van der Waals surface area contributed by atoms with Gasteiger partial charge in [-0.05, 0) is 43.5 Å². The Morgan fingerprint density at radius 3 is 1.90 bits per heavy atom. The monoisotopic (exact) mass is 285 g/mol. The number of para-hydroxylation sites is 1. The second kappa shape index (κ2) is 6.33. The highest BCUT2D eigenvalue weighted by molar-refractivity contribution is 6.50. The Morgan fingerprint density at radius 2 is 1.29 bits per heavy atom. The van der Waals surface area contributed by atoms with E-state index in [0.717, 1.165) is 11.1 Å². The normalized spacial score (nSPS) is 9.86. The minimum Gasteiger partial charge on any atom is -0.507 e. The molecule has 0 amide bonds. The Hall–Kier alpha value is -2.46. The number of Topliss-reactive ketones (excluding diaryl/α,β-unsaturated/α-hetero) is 2. The Morgan fingerprint density at radius 1 is 0.810 bits per heavy atom. The van der Waals surface area contributed by atoms with Crippen LogP contribution in [0.4, 0.5) is 0 Å². The molecule has 21 heavy (non-hydrogen) atoms. The van der Waals surface area contributed by atoms with Gasteiger partial charge in [-0.2, -0.15) is 0 Å². The molecule has 0 heterocycles. The molecule has 2 aromatic rings. The highest BCUT2D eigenvalue weighted by atomic mass is 16.3. The number of carbonyl (C=O) groups excluding carboxylic acids is 2. The van der Waals surface area contributed by atoms with Crippen LogP contribution in [0.5, 0.6) is 5.75 Å². The molecule has 0 aromatic heterocycles. The van der Waals surface area contributed by atoms with Crippen LogP contribution < -0.4 is 6.15 Å². The number of phenols is 1. The summed E-state index contributed by atoms with van der Waals surface area (Å²) in [6, 6.07) is 10.1. The van der Waals surface area contributed by atoms with Crippen molar-refractivity contribution < 1.29 is 14.7 Å². The fourth-order valence-electron chi connectivity index (χ4n) is 2.08. The predicted molar refractivity (Wildman–Crippen MR) is 82.4 cm³/mol. The molecule has 0 spiro atoms. The number of rotatable bonds is 3. The van der Waals surface area contributed by atoms with Crippen LogP contribution in [0.1, 0.15) is 37.4 Å². The van der Waals surface area contributed by atoms with Crippen LogP contribution in [0, 0.1) is 20.8 Å². The van der Waals surface area contributed by atoms with Crippen LogP contribution >= 0.6 is 0 Å². The first-order valence-corrected chi connectivity index (χ1v) is 6.37. The van der Waals surface area contributed by atoms with Gasteiger partial charge in [0.05, 0.1) is 5.56 Å². The van der Waals surface area contributed by atoms with Crippen molar-refractivity contribution in [2.24, 2.45) is 0 Å². The lowest BCUT2D eigenvalue weighted by molar-refractivity contribution is 0.0814. The van der Waals surface area contributed by atoms with Gasteiger partial charge in [-0.25, -0.2) is 0 Å². The standard InChI is InChI=1S/C17H16O3.H3N/c1-10-6-4-8-13(12(10)3)16(19)17(20)14-9-5-7-11(2)15(14)18;/h4-9,18H,1-3H3;1H3. The van der Waals surface area contributed by atoms with Crippen molar-refractivity contribution in [1.29, 1.82) is 0 Å². The van der Waals surface area contributed by atoms with Gasteiger partial charge in [0.1, 0.15) is 5.75 Å². The van der Waals surface area contributed by atoms with E-state index >= 15 is 0 Å². The predicted octanol–water partition coefficient (Wildman–Crippen LogP) is 3.55. The molecule has 0 radical (unpaired) electrons. The molecule has 4 nitrogen and oxygen atoms in total. The van der Waals surface area contributed by atoms with Gasteiger partial charge in [0.2, 0.25) is 11.6 Å². The van der Waals surface area contributed by atoms with E-state index in [1.54, 1.807) is 31.2 Å². The highest BCUT2D eigenvalue weighted by Crippen LogP contribution is 2.24. The molecular weight excluding hydrogens is 266 g/mol. The van der Waals surface area contributed by atoms with Crippen LogP contribution in [-0.2, 0) is 0 Å². The Balaban J connectivity index is 0.00000220. The van der Waals surface area contributed by atoms with Crippen molar-refractivity contribution >= 4 is 11.6 Å². The molecule has 2 rings (SSSR count). The number of hydrogen-bond acceptors (Lipinski definition) is 4. The Bertz CT molecular complexity index is 644. The van der Waals surface area contributed by atoms with E-state index < -0.39 is 11.6 Å². The van der Waals surface area contributed by atoms with Gasteiger partial charge in [-0.1, -0.05) is 30.3 Å². The van der Waals surface area contributed by atoms with E-state index in [4.69, 9.17) is 0 Å². The Kier molecular flexibility index (Phi) is 5.00. The summed E-state index contributed by atoms with van der Waals surface area (Å²) in [7, 11) is 0. The Labute approximate surface area is 124 Å². The second-order valence-corrected chi connectivity index (χ2v) is 4.88. The van der Waals surface area contributed by atoms with Crippen molar-refractivity contribution in [2.45, 2.75) is 20.8 Å². The van der Waals surface area contributed by atoms with Crippen molar-refractivity contribution in [3.05, 3.63) is 64.2 Å². The maximum Gasteiger partial charge on any atom is 0.237 e. The molecule has 0 bridgehead atoms. The van der Waals surface area contributed by atoms with E-state index in [2.05, 4.69) is 0 Å². The van der Waals surface area contributed by atoms with Crippen molar-refractivity contribution in [2.75, 3.05) is 0 Å². The zero-order valence-electron chi connectivity index (χ0n) is 12.4. The van der Waals surface area contributed by atoms with Crippen LogP contribution in [0.15, 0.2) is 36.4 Å². The van der Waals surface area contributed by atoms with Crippen LogP contribution in [0.25, 0.3) is 0 Å². The first kappa shape index (κ1) is 16.6. The van der Waals surface area contributed by atoms with E-state index in [0.29, 0.717) is 11.1 Å². The number of aromatic hydroxyl groups is 1. The molecule has 0 aliphatic rings. The fraction of sp³-hybridized carbons (Fsp3) is 0.176. The summed E-state index contributed by atoms with van der Waals surface area (Å²) in [5.41, 5.74) is 2.76. The molecular formula is C17H19NO3. The van der Waals surface area contributed by atoms with Crippen molar-refractivity contribution in [3.8, 4) is 5.75 Å². The van der Waals surface area contributed by atoms with Crippen LogP contribution in [0.3, 0.4) is 0 Å². The summed E-state index contributed by atoms with van der Waals surface area (Å²) >= 11 is 0. The maximum atomic E-state index is 12.3. The summed E-state index contributed by atoms with van der Waals surface area (Å²) in [4.78, 5) is 24.6. The number of ketones is 2. The van der Waals surface area contributed by atoms with E-state index in [1.807, 2.05) is 19.9 Å². The first-order valence-electron chi connectivity index (χ1n) is 6.37. The third-order valence-corrected chi connectivity index (χ3v) is 3.54. The number of phenolic OH excluding ortho intramolecular Hbond substituents is 1. The van der Waals surface area contributed by atoms with Crippen LogP contribution in [-0.4, -0.2) is 16.7 Å². The molecule has 0 fully saturated rings. The third kappa shape index (κ3) is 3.01. The topological polar surface area (TPSA) is 89.4 Å².